The van der Waals surface area contributed by atoms with Gasteiger partial charge in [0.1, 0.15) is 5.01 Å². The molecule has 0 aliphatic carbocycles. The molecule has 1 aromatic carbocycles. The number of aromatic nitrogens is 3. The molecule has 1 aliphatic rings. The van der Waals surface area contributed by atoms with E-state index < -0.39 is 0 Å². The number of nitrogens with one attached hydrogen (secondary N) is 1. The molecule has 1 N–H and O–H groups in total. The number of benzene rings is 1. The molecule has 1 atom stereocenters. The molecule has 0 radical (unpaired) electrons. The van der Waals surface area contributed by atoms with Crippen LogP contribution < -0.4 is 4.90 Å². The summed E-state index contributed by atoms with van der Waals surface area (Å²) >= 11 is 1.62. The predicted octanol–water partition coefficient (Wildman–Crippen LogP) is 3.47. The van der Waals surface area contributed by atoms with Crippen LogP contribution in [0.15, 0.2) is 29.8 Å². The minimum atomic E-state index is -0.102. The van der Waals surface area contributed by atoms with E-state index in [4.69, 9.17) is 9.72 Å². The molecular formula is C18H20N4O2S. The van der Waals surface area contributed by atoms with Gasteiger partial charge in [0.15, 0.2) is 0 Å². The molecule has 6 nitrogen and oxygen atoms in total. The first kappa shape index (κ1) is 16.1. The van der Waals surface area contributed by atoms with Crippen molar-refractivity contribution >= 4 is 34.3 Å². The number of rotatable bonds is 4. The zero-order valence-electron chi connectivity index (χ0n) is 14.1. The van der Waals surface area contributed by atoms with Crippen molar-refractivity contribution in [3.63, 3.8) is 0 Å². The van der Waals surface area contributed by atoms with Gasteiger partial charge in [-0.2, -0.15) is 0 Å². The van der Waals surface area contributed by atoms with E-state index in [0.29, 0.717) is 13.2 Å². The number of hydrogen-bond acceptors (Lipinski definition) is 6. The number of nitrogens with zero attached hydrogens (tertiary/aromatic N) is 3. The van der Waals surface area contributed by atoms with E-state index in [9.17, 15) is 4.79 Å². The van der Waals surface area contributed by atoms with Gasteiger partial charge in [-0.1, -0.05) is 0 Å². The highest BCUT2D eigenvalue weighted by molar-refractivity contribution is 7.13. The molecule has 1 aliphatic heterocycles. The summed E-state index contributed by atoms with van der Waals surface area (Å²) in [5.74, 6) is 0.641. The number of carbonyl (C=O) groups is 1. The minimum Gasteiger partial charge on any atom is -0.466 e. The molecule has 25 heavy (non-hydrogen) atoms. The molecule has 3 aromatic rings. The first-order chi connectivity index (χ1) is 12.2. The van der Waals surface area contributed by atoms with Crippen molar-refractivity contribution in [3.8, 4) is 10.6 Å². The lowest BCUT2D eigenvalue weighted by Gasteiger charge is -2.31. The van der Waals surface area contributed by atoms with Gasteiger partial charge in [0.2, 0.25) is 5.95 Å². The van der Waals surface area contributed by atoms with E-state index in [-0.39, 0.29) is 11.9 Å². The van der Waals surface area contributed by atoms with E-state index in [1.54, 1.807) is 11.3 Å². The summed E-state index contributed by atoms with van der Waals surface area (Å²) in [6, 6.07) is 6.14. The number of fused-ring (bicyclic) bond motifs is 1. The number of piperidine rings is 1. The highest BCUT2D eigenvalue weighted by Gasteiger charge is 2.28. The van der Waals surface area contributed by atoms with Gasteiger partial charge in [-0.25, -0.2) is 9.97 Å². The van der Waals surface area contributed by atoms with Crippen molar-refractivity contribution in [2.24, 2.45) is 5.92 Å². The summed E-state index contributed by atoms with van der Waals surface area (Å²) in [6.07, 6.45) is 3.65. The van der Waals surface area contributed by atoms with Crippen LogP contribution >= 0.6 is 11.3 Å². The zero-order chi connectivity index (χ0) is 17.2. The zero-order valence-corrected chi connectivity index (χ0v) is 14.9. The number of ether oxygens (including phenoxy) is 1. The number of esters is 1. The van der Waals surface area contributed by atoms with E-state index in [0.717, 1.165) is 46.9 Å². The molecule has 4 rings (SSSR count). The van der Waals surface area contributed by atoms with Crippen molar-refractivity contribution in [3.05, 3.63) is 29.8 Å². The number of hydrogen-bond donors (Lipinski definition) is 1. The fourth-order valence-electron chi connectivity index (χ4n) is 3.27. The maximum Gasteiger partial charge on any atom is 0.310 e. The van der Waals surface area contributed by atoms with E-state index in [1.807, 2.05) is 30.6 Å². The van der Waals surface area contributed by atoms with Gasteiger partial charge in [0.05, 0.1) is 23.6 Å². The summed E-state index contributed by atoms with van der Waals surface area (Å²) < 4.78 is 5.18. The van der Waals surface area contributed by atoms with E-state index >= 15 is 0 Å². The van der Waals surface area contributed by atoms with Gasteiger partial charge in [-0.05, 0) is 38.0 Å². The number of thiazole rings is 1. The fourth-order valence-corrected chi connectivity index (χ4v) is 3.90. The topological polar surface area (TPSA) is 71.1 Å². The third-order valence-corrected chi connectivity index (χ3v) is 5.31. The van der Waals surface area contributed by atoms with Crippen molar-refractivity contribution in [2.75, 3.05) is 24.6 Å². The van der Waals surface area contributed by atoms with Crippen LogP contribution in [0.25, 0.3) is 21.6 Å². The molecule has 1 unspecified atom stereocenters. The Labute approximate surface area is 149 Å². The second kappa shape index (κ2) is 6.84. The van der Waals surface area contributed by atoms with E-state index in [2.05, 4.69) is 20.9 Å². The molecular weight excluding hydrogens is 336 g/mol. The molecule has 3 heterocycles. The van der Waals surface area contributed by atoms with Gasteiger partial charge >= 0.3 is 5.97 Å². The van der Waals surface area contributed by atoms with Crippen molar-refractivity contribution in [1.82, 2.24) is 15.0 Å². The van der Waals surface area contributed by atoms with Gasteiger partial charge in [0, 0.05) is 30.2 Å². The molecule has 0 bridgehead atoms. The average molecular weight is 356 g/mol. The Balaban J connectivity index is 1.58. The molecule has 0 amide bonds. The number of anilines is 1. The third-order valence-electron chi connectivity index (χ3n) is 4.49. The smallest absolute Gasteiger partial charge is 0.310 e. The predicted molar refractivity (Wildman–Crippen MR) is 98.8 cm³/mol. The van der Waals surface area contributed by atoms with Gasteiger partial charge in [-0.15, -0.1) is 11.3 Å². The minimum absolute atomic E-state index is 0.0761. The SMILES string of the molecule is CCOC(=O)C1CCCN(c2nc3ccc(-c4nccs4)cc3[nH]2)C1. The molecule has 0 saturated carbocycles. The van der Waals surface area contributed by atoms with Crippen LogP contribution in [0.4, 0.5) is 5.95 Å². The lowest BCUT2D eigenvalue weighted by Crippen LogP contribution is -2.40. The van der Waals surface area contributed by atoms with Crippen LogP contribution in [-0.2, 0) is 9.53 Å². The molecule has 1 saturated heterocycles. The highest BCUT2D eigenvalue weighted by Crippen LogP contribution is 2.28. The quantitative estimate of drug-likeness (QED) is 0.725. The number of imidazole rings is 1. The molecule has 1 fully saturated rings. The fraction of sp³-hybridized carbons (Fsp3) is 0.389. The average Bonchev–Trinajstić information content (AvgIpc) is 3.31. The van der Waals surface area contributed by atoms with Gasteiger partial charge in [0.25, 0.3) is 0 Å². The number of aromatic amines is 1. The molecule has 2 aromatic heterocycles. The lowest BCUT2D eigenvalue weighted by atomic mass is 9.98. The van der Waals surface area contributed by atoms with Crippen LogP contribution in [0.5, 0.6) is 0 Å². The van der Waals surface area contributed by atoms with Crippen molar-refractivity contribution in [1.29, 1.82) is 0 Å². The van der Waals surface area contributed by atoms with Crippen molar-refractivity contribution < 1.29 is 9.53 Å². The highest BCUT2D eigenvalue weighted by atomic mass is 32.1. The molecule has 0 spiro atoms. The Morgan fingerprint density at radius 3 is 3.20 bits per heavy atom. The van der Waals surface area contributed by atoms with Gasteiger partial charge in [-0.3, -0.25) is 4.79 Å². The Morgan fingerprint density at radius 2 is 2.40 bits per heavy atom. The first-order valence-corrected chi connectivity index (χ1v) is 9.44. The van der Waals surface area contributed by atoms with Crippen molar-refractivity contribution in [2.45, 2.75) is 19.8 Å². The summed E-state index contributed by atoms with van der Waals surface area (Å²) in [5, 5.41) is 2.97. The monoisotopic (exact) mass is 356 g/mol. The molecule has 7 heteroatoms. The summed E-state index contributed by atoms with van der Waals surface area (Å²) in [5.41, 5.74) is 3.00. The second-order valence-corrected chi connectivity index (χ2v) is 7.06. The van der Waals surface area contributed by atoms with Crippen LogP contribution in [0, 0.1) is 5.92 Å². The normalized spacial score (nSPS) is 17.8. The maximum absolute atomic E-state index is 12.0. The largest absolute Gasteiger partial charge is 0.466 e. The second-order valence-electron chi connectivity index (χ2n) is 6.17. The van der Waals surface area contributed by atoms with E-state index in [1.165, 1.54) is 0 Å². The Hall–Kier alpha value is -2.41. The van der Waals surface area contributed by atoms with Crippen LogP contribution in [0.2, 0.25) is 0 Å². The number of H-pyrrole nitrogens is 1. The summed E-state index contributed by atoms with van der Waals surface area (Å²) in [7, 11) is 0. The summed E-state index contributed by atoms with van der Waals surface area (Å²) in [4.78, 5) is 26.6. The Morgan fingerprint density at radius 1 is 1.48 bits per heavy atom. The molecule has 130 valence electrons. The summed E-state index contributed by atoms with van der Waals surface area (Å²) in [6.45, 7) is 3.82. The Kier molecular flexibility index (Phi) is 4.40. The van der Waals surface area contributed by atoms with Crippen LogP contribution in [-0.4, -0.2) is 40.6 Å². The first-order valence-electron chi connectivity index (χ1n) is 8.56. The standard InChI is InChI=1S/C18H20N4O2S/c1-2-24-17(23)13-4-3-8-22(11-13)18-20-14-6-5-12(10-15(14)21-18)16-19-7-9-25-16/h5-7,9-10,13H,2-4,8,11H2,1H3,(H,20,21). The van der Waals surface area contributed by atoms with Crippen LogP contribution in [0.3, 0.4) is 0 Å². The van der Waals surface area contributed by atoms with Gasteiger partial charge < -0.3 is 14.6 Å². The maximum atomic E-state index is 12.0. The third kappa shape index (κ3) is 3.24. The van der Waals surface area contributed by atoms with Crippen LogP contribution in [0.1, 0.15) is 19.8 Å². The number of carbonyl (C=O) groups excluding carboxylic acids is 1. The lowest BCUT2D eigenvalue weighted by molar-refractivity contribution is -0.148. The Bertz CT molecular complexity index is 874.